The third-order valence-corrected chi connectivity index (χ3v) is 2.16. The highest BCUT2D eigenvalue weighted by Crippen LogP contribution is 2.26. The first-order valence-corrected chi connectivity index (χ1v) is 6.76. The van der Waals surface area contributed by atoms with E-state index in [1.165, 1.54) is 12.8 Å². The topological polar surface area (TPSA) is 58.9 Å². The van der Waals surface area contributed by atoms with E-state index >= 15 is 0 Å². The van der Waals surface area contributed by atoms with Crippen LogP contribution in [0.2, 0.25) is 0 Å². The Morgan fingerprint density at radius 2 is 1.78 bits per heavy atom. The van der Waals surface area contributed by atoms with Gasteiger partial charge in [0, 0.05) is 0 Å². The van der Waals surface area contributed by atoms with Crippen molar-refractivity contribution in [3.8, 4) is 0 Å². The van der Waals surface area contributed by atoms with E-state index in [0.29, 0.717) is 18.1 Å². The fourth-order valence-corrected chi connectivity index (χ4v) is 0.959. The molecule has 110 valence electrons. The molecule has 0 aliphatic heterocycles. The predicted molar refractivity (Wildman–Crippen MR) is 72.6 cm³/mol. The van der Waals surface area contributed by atoms with Gasteiger partial charge in [-0.2, -0.15) is 0 Å². The molecule has 0 aromatic rings. The van der Waals surface area contributed by atoms with Crippen molar-refractivity contribution in [2.75, 3.05) is 19.8 Å². The number of aliphatic hydroxyl groups excluding tert-OH is 2. The Labute approximate surface area is 111 Å². The normalized spacial score (nSPS) is 18.8. The van der Waals surface area contributed by atoms with Crippen molar-refractivity contribution in [2.24, 2.45) is 5.41 Å². The number of ether oxygens (including phenoxy) is 2. The summed E-state index contributed by atoms with van der Waals surface area (Å²) in [7, 11) is 0. The lowest BCUT2D eigenvalue weighted by Crippen LogP contribution is -2.19. The Hall–Kier alpha value is -0.160. The van der Waals surface area contributed by atoms with Crippen LogP contribution in [0, 0.1) is 5.41 Å². The van der Waals surface area contributed by atoms with Crippen molar-refractivity contribution in [3.05, 3.63) is 0 Å². The first kappa shape index (κ1) is 17.8. The zero-order valence-electron chi connectivity index (χ0n) is 12.5. The van der Waals surface area contributed by atoms with Crippen LogP contribution in [0.1, 0.15) is 47.5 Å². The molecule has 0 radical (unpaired) electrons. The van der Waals surface area contributed by atoms with Gasteiger partial charge in [0.05, 0.1) is 38.1 Å². The van der Waals surface area contributed by atoms with Crippen LogP contribution < -0.4 is 0 Å². The molecule has 0 aromatic heterocycles. The quantitative estimate of drug-likeness (QED) is 0.768. The second-order valence-corrected chi connectivity index (χ2v) is 6.25. The molecule has 0 aromatic carbocycles. The Kier molecular flexibility index (Phi) is 8.78. The third-order valence-electron chi connectivity index (χ3n) is 2.16. The minimum absolute atomic E-state index is 0.00667. The third kappa shape index (κ3) is 13.9. The van der Waals surface area contributed by atoms with Gasteiger partial charge in [0.1, 0.15) is 0 Å². The maximum absolute atomic E-state index is 8.69. The van der Waals surface area contributed by atoms with Crippen LogP contribution in [-0.2, 0) is 9.47 Å². The van der Waals surface area contributed by atoms with Crippen molar-refractivity contribution in [1.29, 1.82) is 0 Å². The van der Waals surface area contributed by atoms with Gasteiger partial charge >= 0.3 is 0 Å². The molecule has 0 heterocycles. The molecular formula is C14H30O4. The van der Waals surface area contributed by atoms with Crippen LogP contribution >= 0.6 is 0 Å². The first-order chi connectivity index (χ1) is 8.24. The number of hydrogen-bond acceptors (Lipinski definition) is 4. The van der Waals surface area contributed by atoms with Crippen molar-refractivity contribution in [3.63, 3.8) is 0 Å². The summed E-state index contributed by atoms with van der Waals surface area (Å²) in [6, 6.07) is 0. The van der Waals surface area contributed by atoms with Crippen molar-refractivity contribution in [2.45, 2.75) is 65.8 Å². The molecule has 2 atom stereocenters. The lowest BCUT2D eigenvalue weighted by molar-refractivity contribution is -0.0177. The molecule has 1 aliphatic carbocycles. The summed E-state index contributed by atoms with van der Waals surface area (Å²) in [6.07, 6.45) is 2.58. The Morgan fingerprint density at radius 1 is 1.22 bits per heavy atom. The smallest absolute Gasteiger partial charge is 0.0779 e. The van der Waals surface area contributed by atoms with Gasteiger partial charge in [0.25, 0.3) is 0 Å². The lowest BCUT2D eigenvalue weighted by Gasteiger charge is -2.17. The molecule has 1 saturated carbocycles. The summed E-state index contributed by atoms with van der Waals surface area (Å²) in [6.45, 7) is 11.2. The van der Waals surface area contributed by atoms with Crippen LogP contribution in [0.25, 0.3) is 0 Å². The Bertz CT molecular complexity index is 194. The molecule has 4 heteroatoms. The van der Waals surface area contributed by atoms with Gasteiger partial charge in [-0.1, -0.05) is 20.8 Å². The van der Waals surface area contributed by atoms with Crippen LogP contribution in [0.15, 0.2) is 0 Å². The largest absolute Gasteiger partial charge is 0.394 e. The van der Waals surface area contributed by atoms with Gasteiger partial charge < -0.3 is 19.7 Å². The van der Waals surface area contributed by atoms with Crippen LogP contribution in [-0.4, -0.2) is 48.3 Å². The van der Waals surface area contributed by atoms with E-state index in [-0.39, 0.29) is 12.7 Å². The van der Waals surface area contributed by atoms with E-state index in [2.05, 4.69) is 20.8 Å². The van der Waals surface area contributed by atoms with E-state index in [1.807, 2.05) is 0 Å². The number of aliphatic hydroxyl groups is 2. The zero-order valence-corrected chi connectivity index (χ0v) is 12.5. The molecule has 2 N–H and O–H groups in total. The summed E-state index contributed by atoms with van der Waals surface area (Å²) >= 11 is 0. The van der Waals surface area contributed by atoms with Gasteiger partial charge in [-0.05, 0) is 32.1 Å². The van der Waals surface area contributed by atoms with E-state index in [0.717, 1.165) is 6.61 Å². The van der Waals surface area contributed by atoms with Gasteiger partial charge in [0.15, 0.2) is 0 Å². The number of rotatable bonds is 6. The predicted octanol–water partition coefficient (Wildman–Crippen LogP) is 1.98. The van der Waals surface area contributed by atoms with Crippen molar-refractivity contribution < 1.29 is 19.7 Å². The molecule has 1 rings (SSSR count). The summed E-state index contributed by atoms with van der Waals surface area (Å²) in [5.41, 5.74) is 0.350. The summed E-state index contributed by atoms with van der Waals surface area (Å²) in [5, 5.41) is 17.1. The average Bonchev–Trinajstić information content (AvgIpc) is 3.06. The standard InChI is InChI=1S/C8H16O.C6H14O3/c1-8(2,3)6-9-7-4-5-7;1-5(8)4-9-6(2)3-7/h7H,4-6H2,1-3H3;5-8H,3-4H2,1-2H3. The first-order valence-electron chi connectivity index (χ1n) is 6.76. The lowest BCUT2D eigenvalue weighted by atomic mass is 9.99. The van der Waals surface area contributed by atoms with E-state index in [9.17, 15) is 0 Å². The maximum Gasteiger partial charge on any atom is 0.0779 e. The van der Waals surface area contributed by atoms with Crippen LogP contribution in [0.5, 0.6) is 0 Å². The highest BCUT2D eigenvalue weighted by atomic mass is 16.5. The highest BCUT2D eigenvalue weighted by Gasteiger charge is 2.24. The maximum atomic E-state index is 8.69. The van der Waals surface area contributed by atoms with E-state index < -0.39 is 6.10 Å². The van der Waals surface area contributed by atoms with Crippen LogP contribution in [0.3, 0.4) is 0 Å². The molecule has 4 nitrogen and oxygen atoms in total. The molecule has 0 spiro atoms. The summed E-state index contributed by atoms with van der Waals surface area (Å²) in [5.74, 6) is 0. The fourth-order valence-electron chi connectivity index (χ4n) is 0.959. The SMILES string of the molecule is CC(C)(C)COC1CC1.CC(O)COC(C)CO. The van der Waals surface area contributed by atoms with E-state index in [1.54, 1.807) is 13.8 Å². The van der Waals surface area contributed by atoms with Gasteiger partial charge in [-0.25, -0.2) is 0 Å². The number of hydrogen-bond donors (Lipinski definition) is 2. The average molecular weight is 262 g/mol. The van der Waals surface area contributed by atoms with Gasteiger partial charge in [-0.15, -0.1) is 0 Å². The molecule has 2 unspecified atom stereocenters. The molecule has 1 fully saturated rings. The second kappa shape index (κ2) is 8.86. The second-order valence-electron chi connectivity index (χ2n) is 6.25. The monoisotopic (exact) mass is 262 g/mol. The summed E-state index contributed by atoms with van der Waals surface area (Å²) < 4.78 is 10.5. The van der Waals surface area contributed by atoms with E-state index in [4.69, 9.17) is 19.7 Å². The van der Waals surface area contributed by atoms with Gasteiger partial charge in [-0.3, -0.25) is 0 Å². The Balaban J connectivity index is 0.000000321. The van der Waals surface area contributed by atoms with Gasteiger partial charge in [0.2, 0.25) is 0 Å². The van der Waals surface area contributed by atoms with Crippen molar-refractivity contribution >= 4 is 0 Å². The van der Waals surface area contributed by atoms with Crippen LogP contribution in [0.4, 0.5) is 0 Å². The molecule has 0 saturated heterocycles. The fraction of sp³-hybridized carbons (Fsp3) is 1.00. The highest BCUT2D eigenvalue weighted by molar-refractivity contribution is 4.74. The zero-order chi connectivity index (χ0) is 14.2. The minimum Gasteiger partial charge on any atom is -0.394 e. The summed E-state index contributed by atoms with van der Waals surface area (Å²) in [4.78, 5) is 0. The minimum atomic E-state index is -0.445. The molecule has 0 bridgehead atoms. The Morgan fingerprint density at radius 3 is 2.11 bits per heavy atom. The molecule has 18 heavy (non-hydrogen) atoms. The molecule has 1 aliphatic rings. The molecule has 0 amide bonds. The molecular weight excluding hydrogens is 232 g/mol. The van der Waals surface area contributed by atoms with Crippen molar-refractivity contribution in [1.82, 2.24) is 0 Å².